The number of aromatic nitrogens is 2. The molecular formula is C14H12F3N3O2. The highest BCUT2D eigenvalue weighted by molar-refractivity contribution is 5.93. The van der Waals surface area contributed by atoms with Gasteiger partial charge in [-0.1, -0.05) is 12.1 Å². The van der Waals surface area contributed by atoms with Crippen LogP contribution in [0.5, 0.6) is 5.75 Å². The Hall–Kier alpha value is -2.64. The standard InChI is InChI=1S/C14H12F3N3O2/c1-9-18-7-11(8-19-9)13(21)20-6-10-3-2-4-12(5-10)22-14(15,16)17/h2-5,7-8H,6H2,1H3,(H,20,21). The molecule has 0 radical (unpaired) electrons. The zero-order valence-electron chi connectivity index (χ0n) is 11.5. The first-order valence-corrected chi connectivity index (χ1v) is 6.25. The fraction of sp³-hybridized carbons (Fsp3) is 0.214. The number of amides is 1. The number of hydrogen-bond acceptors (Lipinski definition) is 4. The third kappa shape index (κ3) is 4.72. The van der Waals surface area contributed by atoms with Gasteiger partial charge in [-0.25, -0.2) is 9.97 Å². The highest BCUT2D eigenvalue weighted by Gasteiger charge is 2.31. The summed E-state index contributed by atoms with van der Waals surface area (Å²) in [6, 6.07) is 5.39. The van der Waals surface area contributed by atoms with Crippen LogP contribution in [0.4, 0.5) is 13.2 Å². The van der Waals surface area contributed by atoms with E-state index in [4.69, 9.17) is 0 Å². The van der Waals surface area contributed by atoms with Gasteiger partial charge >= 0.3 is 6.36 Å². The lowest BCUT2D eigenvalue weighted by atomic mass is 10.2. The lowest BCUT2D eigenvalue weighted by molar-refractivity contribution is -0.274. The van der Waals surface area contributed by atoms with E-state index < -0.39 is 12.3 Å². The normalized spacial score (nSPS) is 11.1. The van der Waals surface area contributed by atoms with Crippen LogP contribution in [0.1, 0.15) is 21.7 Å². The Morgan fingerprint density at radius 1 is 1.27 bits per heavy atom. The molecule has 0 saturated carbocycles. The van der Waals surface area contributed by atoms with Crippen molar-refractivity contribution >= 4 is 5.91 Å². The molecule has 0 bridgehead atoms. The summed E-state index contributed by atoms with van der Waals surface area (Å²) in [5, 5.41) is 2.57. The summed E-state index contributed by atoms with van der Waals surface area (Å²) in [5.41, 5.74) is 0.747. The van der Waals surface area contributed by atoms with Crippen LogP contribution in [0.3, 0.4) is 0 Å². The van der Waals surface area contributed by atoms with Gasteiger partial charge in [0.15, 0.2) is 0 Å². The Morgan fingerprint density at radius 2 is 1.95 bits per heavy atom. The molecule has 0 fully saturated rings. The molecule has 1 N–H and O–H groups in total. The molecule has 0 atom stereocenters. The van der Waals surface area contributed by atoms with Crippen LogP contribution in [0, 0.1) is 6.92 Å². The average molecular weight is 311 g/mol. The second-order valence-electron chi connectivity index (χ2n) is 4.40. The lowest BCUT2D eigenvalue weighted by Crippen LogP contribution is -2.23. The summed E-state index contributed by atoms with van der Waals surface area (Å²) < 4.78 is 40.2. The van der Waals surface area contributed by atoms with Gasteiger partial charge < -0.3 is 10.1 Å². The summed E-state index contributed by atoms with van der Waals surface area (Å²) in [4.78, 5) is 19.6. The minimum Gasteiger partial charge on any atom is -0.406 e. The van der Waals surface area contributed by atoms with Crippen molar-refractivity contribution in [3.8, 4) is 5.75 Å². The van der Waals surface area contributed by atoms with E-state index >= 15 is 0 Å². The number of benzene rings is 1. The van der Waals surface area contributed by atoms with Gasteiger partial charge in [-0.3, -0.25) is 4.79 Å². The van der Waals surface area contributed by atoms with Crippen molar-refractivity contribution in [3.63, 3.8) is 0 Å². The zero-order valence-corrected chi connectivity index (χ0v) is 11.5. The van der Waals surface area contributed by atoms with E-state index in [1.807, 2.05) is 0 Å². The first kappa shape index (κ1) is 15.7. The van der Waals surface area contributed by atoms with Gasteiger partial charge in [-0.15, -0.1) is 13.2 Å². The summed E-state index contributed by atoms with van der Waals surface area (Å²) in [5.74, 6) is -0.214. The maximum atomic E-state index is 12.1. The molecule has 0 aliphatic rings. The molecule has 0 unspecified atom stereocenters. The number of carbonyl (C=O) groups excluding carboxylic acids is 1. The fourth-order valence-electron chi connectivity index (χ4n) is 1.65. The smallest absolute Gasteiger partial charge is 0.406 e. The SMILES string of the molecule is Cc1ncc(C(=O)NCc2cccc(OC(F)(F)F)c2)cn1. The number of aryl methyl sites for hydroxylation is 1. The van der Waals surface area contributed by atoms with Crippen LogP contribution in [0.15, 0.2) is 36.7 Å². The van der Waals surface area contributed by atoms with E-state index in [9.17, 15) is 18.0 Å². The molecule has 22 heavy (non-hydrogen) atoms. The summed E-state index contributed by atoms with van der Waals surface area (Å²) in [6.45, 7) is 1.75. The Bertz CT molecular complexity index is 657. The number of rotatable bonds is 4. The molecule has 1 aromatic carbocycles. The average Bonchev–Trinajstić information content (AvgIpc) is 2.44. The molecule has 1 amide bonds. The Morgan fingerprint density at radius 3 is 2.59 bits per heavy atom. The van der Waals surface area contributed by atoms with Crippen molar-refractivity contribution < 1.29 is 22.7 Å². The summed E-state index contributed by atoms with van der Waals surface area (Å²) in [7, 11) is 0. The Kier molecular flexibility index (Phi) is 4.59. The molecule has 2 aromatic rings. The molecule has 5 nitrogen and oxygen atoms in total. The number of carbonyl (C=O) groups is 1. The number of hydrogen-bond donors (Lipinski definition) is 1. The predicted octanol–water partition coefficient (Wildman–Crippen LogP) is 2.61. The zero-order chi connectivity index (χ0) is 16.2. The molecular weight excluding hydrogens is 299 g/mol. The van der Waals surface area contributed by atoms with Gasteiger partial charge in [0, 0.05) is 18.9 Å². The maximum Gasteiger partial charge on any atom is 0.573 e. The molecule has 0 spiro atoms. The van der Waals surface area contributed by atoms with E-state index in [1.165, 1.54) is 30.6 Å². The van der Waals surface area contributed by atoms with E-state index in [0.29, 0.717) is 11.4 Å². The molecule has 0 saturated heterocycles. The van der Waals surface area contributed by atoms with E-state index in [-0.39, 0.29) is 17.9 Å². The van der Waals surface area contributed by atoms with Gasteiger partial charge in [0.1, 0.15) is 11.6 Å². The maximum absolute atomic E-state index is 12.1. The second kappa shape index (κ2) is 6.42. The Balaban J connectivity index is 1.98. The summed E-state index contributed by atoms with van der Waals surface area (Å²) in [6.07, 6.45) is -2.00. The largest absolute Gasteiger partial charge is 0.573 e. The van der Waals surface area contributed by atoms with Gasteiger partial charge in [0.25, 0.3) is 5.91 Å². The van der Waals surface area contributed by atoms with Gasteiger partial charge in [0.2, 0.25) is 0 Å². The van der Waals surface area contributed by atoms with Crippen molar-refractivity contribution in [2.45, 2.75) is 19.8 Å². The number of ether oxygens (including phenoxy) is 1. The van der Waals surface area contributed by atoms with E-state index in [2.05, 4.69) is 20.0 Å². The fourth-order valence-corrected chi connectivity index (χ4v) is 1.65. The number of nitrogens with zero attached hydrogens (tertiary/aromatic N) is 2. The number of nitrogens with one attached hydrogen (secondary N) is 1. The minimum absolute atomic E-state index is 0.0573. The molecule has 1 aromatic heterocycles. The van der Waals surface area contributed by atoms with Crippen LogP contribution in [-0.2, 0) is 6.54 Å². The molecule has 0 aliphatic heterocycles. The number of alkyl halides is 3. The monoisotopic (exact) mass is 311 g/mol. The van der Waals surface area contributed by atoms with Crippen molar-refractivity contribution in [3.05, 3.63) is 53.6 Å². The molecule has 1 heterocycles. The Labute approximate surface area is 124 Å². The van der Waals surface area contributed by atoms with Crippen LogP contribution < -0.4 is 10.1 Å². The molecule has 2 rings (SSSR count). The first-order valence-electron chi connectivity index (χ1n) is 6.25. The van der Waals surface area contributed by atoms with E-state index in [0.717, 1.165) is 0 Å². The van der Waals surface area contributed by atoms with Crippen molar-refractivity contribution in [2.24, 2.45) is 0 Å². The highest BCUT2D eigenvalue weighted by Crippen LogP contribution is 2.23. The van der Waals surface area contributed by atoms with Gasteiger partial charge in [0.05, 0.1) is 5.56 Å². The van der Waals surface area contributed by atoms with Crippen LogP contribution in [0.25, 0.3) is 0 Å². The topological polar surface area (TPSA) is 64.1 Å². The second-order valence-corrected chi connectivity index (χ2v) is 4.40. The quantitative estimate of drug-likeness (QED) is 0.942. The highest BCUT2D eigenvalue weighted by atomic mass is 19.4. The third-order valence-electron chi connectivity index (χ3n) is 2.63. The lowest BCUT2D eigenvalue weighted by Gasteiger charge is -2.10. The summed E-state index contributed by atoms with van der Waals surface area (Å²) >= 11 is 0. The minimum atomic E-state index is -4.75. The number of halogens is 3. The predicted molar refractivity (Wildman–Crippen MR) is 71.1 cm³/mol. The van der Waals surface area contributed by atoms with E-state index in [1.54, 1.807) is 13.0 Å². The van der Waals surface area contributed by atoms with Gasteiger partial charge in [-0.2, -0.15) is 0 Å². The van der Waals surface area contributed by atoms with Crippen molar-refractivity contribution in [2.75, 3.05) is 0 Å². The molecule has 116 valence electrons. The van der Waals surface area contributed by atoms with Crippen LogP contribution in [-0.4, -0.2) is 22.2 Å². The van der Waals surface area contributed by atoms with Crippen LogP contribution >= 0.6 is 0 Å². The van der Waals surface area contributed by atoms with Crippen LogP contribution in [0.2, 0.25) is 0 Å². The third-order valence-corrected chi connectivity index (χ3v) is 2.63. The molecule has 8 heteroatoms. The van der Waals surface area contributed by atoms with Crippen molar-refractivity contribution in [1.29, 1.82) is 0 Å². The van der Waals surface area contributed by atoms with Gasteiger partial charge in [-0.05, 0) is 24.6 Å². The first-order chi connectivity index (χ1) is 10.3. The molecule has 0 aliphatic carbocycles. The van der Waals surface area contributed by atoms with Crippen molar-refractivity contribution in [1.82, 2.24) is 15.3 Å².